The molecule has 0 spiro atoms. The van der Waals surface area contributed by atoms with E-state index in [-0.39, 0.29) is 5.91 Å². The van der Waals surface area contributed by atoms with Crippen LogP contribution in [0.25, 0.3) is 0 Å². The van der Waals surface area contributed by atoms with Crippen molar-refractivity contribution in [2.75, 3.05) is 24.5 Å². The molecule has 1 amide bonds. The summed E-state index contributed by atoms with van der Waals surface area (Å²) in [6.45, 7) is 5.97. The van der Waals surface area contributed by atoms with Crippen LogP contribution in [0.2, 0.25) is 0 Å². The van der Waals surface area contributed by atoms with Gasteiger partial charge in [0, 0.05) is 33.6 Å². The van der Waals surface area contributed by atoms with Gasteiger partial charge >= 0.3 is 0 Å². The minimum absolute atomic E-state index is 0.0291. The lowest BCUT2D eigenvalue weighted by molar-refractivity contribution is -0.119. The average molecular weight is 275 g/mol. The van der Waals surface area contributed by atoms with E-state index in [0.717, 1.165) is 44.0 Å². The van der Waals surface area contributed by atoms with Gasteiger partial charge in [0.1, 0.15) is 17.5 Å². The molecule has 0 bridgehead atoms. The van der Waals surface area contributed by atoms with Gasteiger partial charge in [0.05, 0.1) is 5.69 Å². The first kappa shape index (κ1) is 14.4. The van der Waals surface area contributed by atoms with Crippen molar-refractivity contribution in [2.24, 2.45) is 13.0 Å². The molecular weight excluding hydrogens is 254 g/mol. The monoisotopic (exact) mass is 275 g/mol. The average Bonchev–Trinajstić information content (AvgIpc) is 2.71. The maximum absolute atomic E-state index is 10.9. The van der Waals surface area contributed by atoms with Crippen molar-refractivity contribution in [1.82, 2.24) is 15.1 Å². The van der Waals surface area contributed by atoms with Gasteiger partial charge in [0.25, 0.3) is 0 Å². The van der Waals surface area contributed by atoms with Gasteiger partial charge in [-0.2, -0.15) is 10.4 Å². The zero-order valence-electron chi connectivity index (χ0n) is 12.3. The Bertz CT molecular complexity index is 534. The van der Waals surface area contributed by atoms with Gasteiger partial charge in [-0.1, -0.05) is 0 Å². The summed E-state index contributed by atoms with van der Waals surface area (Å²) in [5.41, 5.74) is 1.46. The Morgan fingerprint density at radius 1 is 1.50 bits per heavy atom. The Labute approximate surface area is 119 Å². The summed E-state index contributed by atoms with van der Waals surface area (Å²) < 4.78 is 1.79. The van der Waals surface area contributed by atoms with Crippen molar-refractivity contribution in [2.45, 2.75) is 26.7 Å². The van der Waals surface area contributed by atoms with Crippen LogP contribution < -0.4 is 10.2 Å². The van der Waals surface area contributed by atoms with E-state index in [9.17, 15) is 10.1 Å². The highest BCUT2D eigenvalue weighted by atomic mass is 16.1. The van der Waals surface area contributed by atoms with Crippen LogP contribution in [0, 0.1) is 24.2 Å². The molecule has 1 fully saturated rings. The third-order valence-corrected chi connectivity index (χ3v) is 3.86. The predicted octanol–water partition coefficient (Wildman–Crippen LogP) is 0.953. The minimum Gasteiger partial charge on any atom is -0.356 e. The van der Waals surface area contributed by atoms with Crippen LogP contribution in [0.5, 0.6) is 0 Å². The van der Waals surface area contributed by atoms with Crippen LogP contribution in [0.1, 0.15) is 31.0 Å². The van der Waals surface area contributed by atoms with E-state index in [1.54, 1.807) is 11.6 Å². The zero-order valence-corrected chi connectivity index (χ0v) is 12.3. The van der Waals surface area contributed by atoms with Gasteiger partial charge in [0.15, 0.2) is 0 Å². The van der Waals surface area contributed by atoms with Gasteiger partial charge in [0.2, 0.25) is 5.91 Å². The number of carbonyl (C=O) groups is 1. The number of rotatable bonds is 3. The van der Waals surface area contributed by atoms with Crippen LogP contribution >= 0.6 is 0 Å². The number of anilines is 1. The molecular formula is C14H21N5O. The molecule has 1 aliphatic heterocycles. The van der Waals surface area contributed by atoms with Gasteiger partial charge in [-0.3, -0.25) is 9.48 Å². The van der Waals surface area contributed by atoms with E-state index in [0.29, 0.717) is 11.5 Å². The summed E-state index contributed by atoms with van der Waals surface area (Å²) in [5.74, 6) is 1.47. The quantitative estimate of drug-likeness (QED) is 0.891. The summed E-state index contributed by atoms with van der Waals surface area (Å²) in [5, 5.41) is 16.5. The molecule has 6 heteroatoms. The fourth-order valence-corrected chi connectivity index (χ4v) is 2.78. The van der Waals surface area contributed by atoms with Crippen LogP contribution in [-0.4, -0.2) is 35.3 Å². The van der Waals surface area contributed by atoms with Crippen LogP contribution in [0.4, 0.5) is 5.82 Å². The second-order valence-corrected chi connectivity index (χ2v) is 5.39. The molecule has 0 aromatic carbocycles. The third-order valence-electron chi connectivity index (χ3n) is 3.86. The highest BCUT2D eigenvalue weighted by Crippen LogP contribution is 2.27. The molecule has 0 unspecified atom stereocenters. The molecule has 1 aliphatic rings. The molecule has 6 nitrogen and oxygen atoms in total. The third kappa shape index (κ3) is 2.93. The van der Waals surface area contributed by atoms with Crippen molar-refractivity contribution in [3.8, 4) is 6.07 Å². The number of piperidine rings is 1. The topological polar surface area (TPSA) is 74.0 Å². The Morgan fingerprint density at radius 3 is 2.70 bits per heavy atom. The normalized spacial score (nSPS) is 16.0. The van der Waals surface area contributed by atoms with Crippen molar-refractivity contribution in [3.05, 3.63) is 11.3 Å². The molecule has 108 valence electrons. The highest BCUT2D eigenvalue weighted by molar-refractivity contribution is 5.72. The largest absolute Gasteiger partial charge is 0.356 e. The van der Waals surface area contributed by atoms with Crippen LogP contribution in [0.15, 0.2) is 0 Å². The molecule has 1 saturated heterocycles. The number of hydrogen-bond donors (Lipinski definition) is 1. The lowest BCUT2D eigenvalue weighted by Gasteiger charge is -2.33. The van der Waals surface area contributed by atoms with E-state index in [1.165, 1.54) is 0 Å². The molecule has 2 heterocycles. The Kier molecular flexibility index (Phi) is 4.28. The van der Waals surface area contributed by atoms with Gasteiger partial charge in [-0.15, -0.1) is 0 Å². The fraction of sp³-hybridized carbons (Fsp3) is 0.643. The number of aryl methyl sites for hydroxylation is 2. The first-order valence-electron chi connectivity index (χ1n) is 6.96. The molecule has 0 atom stereocenters. The molecule has 1 aromatic heterocycles. The number of aromatic nitrogens is 2. The van der Waals surface area contributed by atoms with Crippen molar-refractivity contribution in [1.29, 1.82) is 5.26 Å². The molecule has 0 radical (unpaired) electrons. The molecule has 2 rings (SSSR count). The molecule has 20 heavy (non-hydrogen) atoms. The maximum Gasteiger partial charge on any atom is 0.216 e. The summed E-state index contributed by atoms with van der Waals surface area (Å²) in [7, 11) is 1.88. The number of nitrogens with zero attached hydrogens (tertiary/aromatic N) is 4. The summed E-state index contributed by atoms with van der Waals surface area (Å²) >= 11 is 0. The van der Waals surface area contributed by atoms with E-state index in [4.69, 9.17) is 0 Å². The van der Waals surface area contributed by atoms with Gasteiger partial charge < -0.3 is 10.2 Å². The maximum atomic E-state index is 10.9. The van der Waals surface area contributed by atoms with E-state index in [2.05, 4.69) is 21.4 Å². The van der Waals surface area contributed by atoms with Gasteiger partial charge in [-0.25, -0.2) is 0 Å². The smallest absolute Gasteiger partial charge is 0.216 e. The first-order valence-corrected chi connectivity index (χ1v) is 6.96. The molecule has 1 N–H and O–H groups in total. The highest BCUT2D eigenvalue weighted by Gasteiger charge is 2.24. The molecule has 1 aromatic rings. The number of amides is 1. The fourth-order valence-electron chi connectivity index (χ4n) is 2.78. The van der Waals surface area contributed by atoms with Crippen molar-refractivity contribution in [3.63, 3.8) is 0 Å². The SMILES string of the molecule is CC(=O)NCC1CCN(c2c(C#N)c(C)nn2C)CC1. The predicted molar refractivity (Wildman–Crippen MR) is 76.3 cm³/mol. The lowest BCUT2D eigenvalue weighted by Crippen LogP contribution is -2.39. The second-order valence-electron chi connectivity index (χ2n) is 5.39. The summed E-state index contributed by atoms with van der Waals surface area (Å²) in [4.78, 5) is 13.2. The van der Waals surface area contributed by atoms with Crippen molar-refractivity contribution >= 4 is 11.7 Å². The van der Waals surface area contributed by atoms with Crippen LogP contribution in [-0.2, 0) is 11.8 Å². The standard InChI is InChI=1S/C14H21N5O/c1-10-13(8-15)14(18(3)17-10)19-6-4-12(5-7-19)9-16-11(2)20/h12H,4-7,9H2,1-3H3,(H,16,20). The summed E-state index contributed by atoms with van der Waals surface area (Å²) in [6.07, 6.45) is 2.05. The van der Waals surface area contributed by atoms with E-state index >= 15 is 0 Å². The number of carbonyl (C=O) groups excluding carboxylic acids is 1. The number of nitriles is 1. The Morgan fingerprint density at radius 2 is 2.15 bits per heavy atom. The molecule has 0 saturated carbocycles. The first-order chi connectivity index (χ1) is 9.52. The van der Waals surface area contributed by atoms with Gasteiger partial charge in [-0.05, 0) is 25.7 Å². The zero-order chi connectivity index (χ0) is 14.7. The van der Waals surface area contributed by atoms with E-state index in [1.807, 2.05) is 14.0 Å². The number of hydrogen-bond acceptors (Lipinski definition) is 4. The second kappa shape index (κ2) is 5.95. The molecule has 0 aliphatic carbocycles. The van der Waals surface area contributed by atoms with Crippen LogP contribution in [0.3, 0.4) is 0 Å². The van der Waals surface area contributed by atoms with Crippen molar-refractivity contribution < 1.29 is 4.79 Å². The lowest BCUT2D eigenvalue weighted by atomic mass is 9.96. The Hall–Kier alpha value is -2.03. The summed E-state index contributed by atoms with van der Waals surface area (Å²) in [6, 6.07) is 2.25. The van der Waals surface area contributed by atoms with E-state index < -0.39 is 0 Å². The minimum atomic E-state index is 0.0291. The number of nitrogens with one attached hydrogen (secondary N) is 1. The Balaban J connectivity index is 2.01.